The van der Waals surface area contributed by atoms with Gasteiger partial charge in [0.25, 0.3) is 0 Å². The predicted molar refractivity (Wildman–Crippen MR) is 115 cm³/mol. The highest BCUT2D eigenvalue weighted by Gasteiger charge is 2.31. The van der Waals surface area contributed by atoms with Crippen LogP contribution in [0.4, 0.5) is 0 Å². The van der Waals surface area contributed by atoms with Gasteiger partial charge >= 0.3 is 5.97 Å². The van der Waals surface area contributed by atoms with Crippen molar-refractivity contribution in [2.75, 3.05) is 14.2 Å². The third-order valence-corrected chi connectivity index (χ3v) is 5.10. The Hall–Kier alpha value is -4.13. The second-order valence-corrected chi connectivity index (χ2v) is 6.84. The fraction of sp³-hybridized carbons (Fsp3) is 0.125. The highest BCUT2D eigenvalue weighted by Crippen LogP contribution is 2.34. The number of carboxylic acids is 1. The molecule has 2 heterocycles. The molecule has 0 aliphatic carbocycles. The number of para-hydroxylation sites is 1. The van der Waals surface area contributed by atoms with Crippen LogP contribution in [0.15, 0.2) is 66.9 Å². The summed E-state index contributed by atoms with van der Waals surface area (Å²) >= 11 is 0. The fourth-order valence-corrected chi connectivity index (χ4v) is 3.77. The Morgan fingerprint density at radius 3 is 2.32 bits per heavy atom. The lowest BCUT2D eigenvalue weighted by Gasteiger charge is -2.12. The molecular weight excluding hydrogens is 396 g/mol. The van der Waals surface area contributed by atoms with E-state index >= 15 is 0 Å². The number of carboxylic acid groups (broad SMARTS) is 1. The zero-order valence-electron chi connectivity index (χ0n) is 17.0. The Morgan fingerprint density at radius 2 is 1.65 bits per heavy atom. The molecule has 7 nitrogen and oxygen atoms in total. The molecule has 2 aromatic carbocycles. The van der Waals surface area contributed by atoms with E-state index in [1.165, 1.54) is 20.4 Å². The van der Waals surface area contributed by atoms with Gasteiger partial charge in [-0.2, -0.15) is 0 Å². The van der Waals surface area contributed by atoms with Crippen molar-refractivity contribution in [3.8, 4) is 11.6 Å². The second-order valence-electron chi connectivity index (χ2n) is 6.84. The van der Waals surface area contributed by atoms with Crippen LogP contribution in [0.25, 0.3) is 10.9 Å². The van der Waals surface area contributed by atoms with Crippen LogP contribution in [0, 0.1) is 0 Å². The van der Waals surface area contributed by atoms with Gasteiger partial charge in [-0.05, 0) is 17.7 Å². The number of benzene rings is 2. The lowest BCUT2D eigenvalue weighted by Crippen LogP contribution is -2.15. The Balaban J connectivity index is 2.01. The molecule has 0 spiro atoms. The quantitative estimate of drug-likeness (QED) is 0.458. The van der Waals surface area contributed by atoms with E-state index in [1.807, 2.05) is 36.4 Å². The molecule has 0 saturated carbocycles. The molecule has 0 saturated heterocycles. The number of ether oxygens (including phenoxy) is 2. The first-order chi connectivity index (χ1) is 15.1. The summed E-state index contributed by atoms with van der Waals surface area (Å²) in [6.45, 7) is 0.303. The maximum atomic E-state index is 13.7. The number of fused-ring (bicyclic) bond motifs is 1. The van der Waals surface area contributed by atoms with Crippen molar-refractivity contribution < 1.29 is 24.2 Å². The van der Waals surface area contributed by atoms with Crippen LogP contribution in [-0.2, 0) is 6.54 Å². The molecule has 7 heteroatoms. The maximum Gasteiger partial charge on any atom is 0.353 e. The van der Waals surface area contributed by atoms with E-state index < -0.39 is 11.8 Å². The average molecular weight is 416 g/mol. The number of nitrogens with zero attached hydrogens (tertiary/aromatic N) is 2. The number of rotatable bonds is 7. The second kappa shape index (κ2) is 8.31. The van der Waals surface area contributed by atoms with Gasteiger partial charge in [-0.1, -0.05) is 48.5 Å². The SMILES string of the molecule is COc1ccnc(OC)c1C(=O)c1c(C(=O)O)n(Cc2ccccc2)c2ccccc12. The number of carbonyl (C=O) groups excluding carboxylic acids is 1. The third-order valence-electron chi connectivity index (χ3n) is 5.10. The molecule has 0 atom stereocenters. The van der Waals surface area contributed by atoms with E-state index in [9.17, 15) is 14.7 Å². The average Bonchev–Trinajstić information content (AvgIpc) is 3.13. The minimum atomic E-state index is -1.20. The van der Waals surface area contributed by atoms with Gasteiger partial charge in [0.2, 0.25) is 11.7 Å². The van der Waals surface area contributed by atoms with Gasteiger partial charge in [0.1, 0.15) is 17.0 Å². The Morgan fingerprint density at radius 1 is 0.935 bits per heavy atom. The van der Waals surface area contributed by atoms with Gasteiger partial charge in [0.15, 0.2) is 0 Å². The van der Waals surface area contributed by atoms with E-state index in [-0.39, 0.29) is 28.5 Å². The van der Waals surface area contributed by atoms with Crippen LogP contribution in [0.3, 0.4) is 0 Å². The number of aromatic carboxylic acids is 1. The Labute approximate surface area is 178 Å². The Bertz CT molecular complexity index is 1260. The zero-order chi connectivity index (χ0) is 22.0. The van der Waals surface area contributed by atoms with Crippen LogP contribution >= 0.6 is 0 Å². The highest BCUT2D eigenvalue weighted by atomic mass is 16.5. The van der Waals surface area contributed by atoms with Crippen molar-refractivity contribution in [2.45, 2.75) is 6.54 Å². The van der Waals surface area contributed by atoms with E-state index in [0.717, 1.165) is 5.56 Å². The van der Waals surface area contributed by atoms with Crippen molar-refractivity contribution in [3.63, 3.8) is 0 Å². The molecule has 2 aromatic heterocycles. The van der Waals surface area contributed by atoms with Crippen molar-refractivity contribution in [3.05, 3.63) is 89.2 Å². The predicted octanol–water partition coefficient (Wildman–Crippen LogP) is 4.03. The first kappa shape index (κ1) is 20.2. The number of aromatic nitrogens is 2. The fourth-order valence-electron chi connectivity index (χ4n) is 3.77. The molecule has 0 aliphatic heterocycles. The smallest absolute Gasteiger partial charge is 0.353 e. The maximum absolute atomic E-state index is 13.7. The molecule has 4 aromatic rings. The summed E-state index contributed by atoms with van der Waals surface area (Å²) in [4.78, 5) is 30.2. The molecule has 1 N–H and O–H groups in total. The van der Waals surface area contributed by atoms with Gasteiger partial charge in [-0.3, -0.25) is 4.79 Å². The van der Waals surface area contributed by atoms with Crippen molar-refractivity contribution >= 4 is 22.7 Å². The lowest BCUT2D eigenvalue weighted by molar-refractivity contribution is 0.0682. The monoisotopic (exact) mass is 416 g/mol. The summed E-state index contributed by atoms with van der Waals surface area (Å²) in [5.74, 6) is -1.40. The van der Waals surface area contributed by atoms with Crippen molar-refractivity contribution in [1.29, 1.82) is 0 Å². The molecule has 0 unspecified atom stereocenters. The molecule has 0 radical (unpaired) electrons. The van der Waals surface area contributed by atoms with Crippen LogP contribution in [0.1, 0.15) is 32.0 Å². The van der Waals surface area contributed by atoms with Crippen molar-refractivity contribution in [1.82, 2.24) is 9.55 Å². The molecule has 0 fully saturated rings. The summed E-state index contributed by atoms with van der Waals surface area (Å²) in [5.41, 5.74) is 1.62. The number of pyridine rings is 1. The highest BCUT2D eigenvalue weighted by molar-refractivity contribution is 6.23. The van der Waals surface area contributed by atoms with Crippen LogP contribution < -0.4 is 9.47 Å². The Kier molecular flexibility index (Phi) is 5.41. The lowest BCUT2D eigenvalue weighted by atomic mass is 10.00. The van der Waals surface area contributed by atoms with E-state index in [4.69, 9.17) is 9.47 Å². The molecule has 156 valence electrons. The standard InChI is InChI=1S/C24H20N2O5/c1-30-18-12-13-25-23(31-2)20(18)22(27)19-16-10-6-7-11-17(16)26(21(19)24(28)29)14-15-8-4-3-5-9-15/h3-13H,14H2,1-2H3,(H,28,29). The van der Waals surface area contributed by atoms with Crippen LogP contribution in [0.2, 0.25) is 0 Å². The number of carbonyl (C=O) groups is 2. The summed E-state index contributed by atoms with van der Waals surface area (Å²) in [6.07, 6.45) is 1.46. The zero-order valence-corrected chi connectivity index (χ0v) is 17.0. The minimum Gasteiger partial charge on any atom is -0.496 e. The molecule has 0 amide bonds. The van der Waals surface area contributed by atoms with E-state index in [1.54, 1.807) is 28.8 Å². The molecule has 4 rings (SSSR count). The van der Waals surface area contributed by atoms with E-state index in [2.05, 4.69) is 4.98 Å². The minimum absolute atomic E-state index is 0.0700. The third kappa shape index (κ3) is 3.50. The molecular formula is C24H20N2O5. The summed E-state index contributed by atoms with van der Waals surface area (Å²) in [5, 5.41) is 10.7. The molecule has 0 bridgehead atoms. The normalized spacial score (nSPS) is 10.8. The molecule has 0 aliphatic rings. The first-order valence-corrected chi connectivity index (χ1v) is 9.57. The molecule has 31 heavy (non-hydrogen) atoms. The van der Waals surface area contributed by atoms with Gasteiger partial charge in [0, 0.05) is 23.6 Å². The number of methoxy groups -OCH3 is 2. The number of hydrogen-bond acceptors (Lipinski definition) is 5. The summed E-state index contributed by atoms with van der Waals surface area (Å²) in [6, 6.07) is 18.2. The largest absolute Gasteiger partial charge is 0.496 e. The van der Waals surface area contributed by atoms with Gasteiger partial charge < -0.3 is 19.1 Å². The summed E-state index contributed by atoms with van der Waals surface area (Å²) < 4.78 is 12.3. The topological polar surface area (TPSA) is 90.7 Å². The van der Waals surface area contributed by atoms with Gasteiger partial charge in [-0.25, -0.2) is 9.78 Å². The van der Waals surface area contributed by atoms with Gasteiger partial charge in [0.05, 0.1) is 19.8 Å². The number of ketones is 1. The first-order valence-electron chi connectivity index (χ1n) is 9.57. The van der Waals surface area contributed by atoms with Crippen molar-refractivity contribution in [2.24, 2.45) is 0 Å². The summed E-state index contributed by atoms with van der Waals surface area (Å²) in [7, 11) is 2.83. The van der Waals surface area contributed by atoms with Crippen LogP contribution in [0.5, 0.6) is 11.6 Å². The van der Waals surface area contributed by atoms with Gasteiger partial charge in [-0.15, -0.1) is 0 Å². The van der Waals surface area contributed by atoms with Crippen LogP contribution in [-0.4, -0.2) is 40.6 Å². The number of hydrogen-bond donors (Lipinski definition) is 1. The van der Waals surface area contributed by atoms with E-state index in [0.29, 0.717) is 17.4 Å².